The van der Waals surface area contributed by atoms with Crippen LogP contribution in [0, 0.1) is 0 Å². The number of carbonyl (C=O) groups is 1. The van der Waals surface area contributed by atoms with Crippen LogP contribution in [-0.4, -0.2) is 21.3 Å². The molecule has 2 aromatic rings. The van der Waals surface area contributed by atoms with Gasteiger partial charge < -0.3 is 4.74 Å². The molecule has 2 aliphatic rings. The number of fused-ring (bicyclic) bond motifs is 1. The lowest BCUT2D eigenvalue weighted by Gasteiger charge is -2.18. The standard InChI is InChI=1S/C12H14O2.C11H12F3NO2S/c13-8-9-14-12-7-3-5-10-4-1-2-6-11(10)12;1-10(2-3-10)7-4-8(11(12,13)14)6-9(5-7)18(15,16)17/h3,5,7-8H,1-2,4,6,9H2;4-6H,2-3H2,1H3,(H2,15,16,17). The van der Waals surface area contributed by atoms with Crippen molar-refractivity contribution in [3.05, 3.63) is 58.7 Å². The van der Waals surface area contributed by atoms with E-state index in [1.807, 2.05) is 12.1 Å². The van der Waals surface area contributed by atoms with Gasteiger partial charge in [0.25, 0.3) is 0 Å². The lowest BCUT2D eigenvalue weighted by molar-refractivity contribution is -0.137. The van der Waals surface area contributed by atoms with Crippen molar-refractivity contribution in [2.75, 3.05) is 6.61 Å². The number of rotatable bonds is 5. The number of carbonyl (C=O) groups excluding carboxylic acids is 1. The Morgan fingerprint density at radius 2 is 1.81 bits per heavy atom. The Hall–Kier alpha value is -2.39. The van der Waals surface area contributed by atoms with E-state index < -0.39 is 26.7 Å². The average molecular weight is 470 g/mol. The summed E-state index contributed by atoms with van der Waals surface area (Å²) in [5, 5.41) is 4.91. The number of halogens is 3. The third-order valence-electron chi connectivity index (χ3n) is 5.92. The van der Waals surface area contributed by atoms with Gasteiger partial charge >= 0.3 is 6.18 Å². The number of nitrogens with two attached hydrogens (primary N) is 1. The molecule has 0 bridgehead atoms. The highest BCUT2D eigenvalue weighted by molar-refractivity contribution is 7.89. The smallest absolute Gasteiger partial charge is 0.416 e. The van der Waals surface area contributed by atoms with E-state index in [9.17, 15) is 26.4 Å². The zero-order chi connectivity index (χ0) is 23.6. The molecule has 0 atom stereocenters. The summed E-state index contributed by atoms with van der Waals surface area (Å²) in [5.41, 5.74) is 1.74. The fourth-order valence-corrected chi connectivity index (χ4v) is 4.34. The van der Waals surface area contributed by atoms with Gasteiger partial charge in [-0.25, -0.2) is 13.6 Å². The number of hydrogen-bond donors (Lipinski definition) is 1. The predicted molar refractivity (Wildman–Crippen MR) is 114 cm³/mol. The molecule has 1 saturated carbocycles. The summed E-state index contributed by atoms with van der Waals surface area (Å²) in [5.74, 6) is 0.898. The van der Waals surface area contributed by atoms with E-state index in [4.69, 9.17) is 9.88 Å². The molecular weight excluding hydrogens is 443 g/mol. The maximum Gasteiger partial charge on any atom is 0.416 e. The van der Waals surface area contributed by atoms with Gasteiger partial charge in [0.1, 0.15) is 12.4 Å². The second-order valence-corrected chi connectivity index (χ2v) is 9.99. The Bertz CT molecular complexity index is 1070. The van der Waals surface area contributed by atoms with Gasteiger partial charge in [0, 0.05) is 0 Å². The topological polar surface area (TPSA) is 86.5 Å². The summed E-state index contributed by atoms with van der Waals surface area (Å²) < 4.78 is 66.0. The summed E-state index contributed by atoms with van der Waals surface area (Å²) in [6.45, 7) is 1.96. The molecule has 0 radical (unpaired) electrons. The molecule has 0 saturated heterocycles. The number of aldehydes is 1. The van der Waals surface area contributed by atoms with Gasteiger partial charge in [-0.15, -0.1) is 0 Å². The minimum Gasteiger partial charge on any atom is -0.486 e. The van der Waals surface area contributed by atoms with Crippen molar-refractivity contribution in [1.29, 1.82) is 0 Å². The van der Waals surface area contributed by atoms with E-state index in [1.165, 1.54) is 30.0 Å². The molecule has 5 nitrogen and oxygen atoms in total. The Labute approximate surface area is 185 Å². The Kier molecular flexibility index (Phi) is 7.00. The van der Waals surface area contributed by atoms with E-state index in [0.717, 1.165) is 43.8 Å². The van der Waals surface area contributed by atoms with E-state index >= 15 is 0 Å². The lowest BCUT2D eigenvalue weighted by Crippen LogP contribution is -2.16. The van der Waals surface area contributed by atoms with Gasteiger partial charge in [0.2, 0.25) is 10.0 Å². The van der Waals surface area contributed by atoms with Crippen molar-refractivity contribution >= 4 is 16.3 Å². The molecule has 2 N–H and O–H groups in total. The van der Waals surface area contributed by atoms with Crippen LogP contribution in [0.5, 0.6) is 5.75 Å². The second-order valence-electron chi connectivity index (χ2n) is 8.43. The molecule has 4 rings (SSSR count). The SMILES string of the molecule is CC1(c2cc(C(F)(F)F)cc(S(N)(=O)=O)c2)CC1.O=CCOc1cccc2c1CCCC2. The minimum absolute atomic E-state index is 0.163. The van der Waals surface area contributed by atoms with Crippen molar-refractivity contribution in [3.63, 3.8) is 0 Å². The molecule has 174 valence electrons. The number of aryl methyl sites for hydroxylation is 1. The van der Waals surface area contributed by atoms with Crippen LogP contribution in [0.25, 0.3) is 0 Å². The molecule has 0 heterocycles. The highest BCUT2D eigenvalue weighted by atomic mass is 32.2. The highest BCUT2D eigenvalue weighted by Crippen LogP contribution is 2.49. The Balaban J connectivity index is 0.000000186. The first kappa shape index (κ1) is 24.3. The van der Waals surface area contributed by atoms with Crippen molar-refractivity contribution in [3.8, 4) is 5.75 Å². The van der Waals surface area contributed by atoms with E-state index in [0.29, 0.717) is 11.6 Å². The molecule has 0 unspecified atom stereocenters. The summed E-state index contributed by atoms with van der Waals surface area (Å²) in [6.07, 6.45) is 2.44. The van der Waals surface area contributed by atoms with E-state index in [2.05, 4.69) is 6.07 Å². The van der Waals surface area contributed by atoms with Gasteiger partial charge in [0.05, 0.1) is 10.5 Å². The van der Waals surface area contributed by atoms with Gasteiger partial charge in [-0.1, -0.05) is 19.1 Å². The van der Waals surface area contributed by atoms with Crippen molar-refractivity contribution in [1.82, 2.24) is 0 Å². The van der Waals surface area contributed by atoms with Gasteiger partial charge in [-0.05, 0) is 84.9 Å². The summed E-state index contributed by atoms with van der Waals surface area (Å²) in [4.78, 5) is 9.74. The van der Waals surface area contributed by atoms with Crippen molar-refractivity contribution < 1.29 is 31.1 Å². The molecule has 0 amide bonds. The number of hydrogen-bond acceptors (Lipinski definition) is 4. The predicted octanol–water partition coefficient (Wildman–Crippen LogP) is 4.55. The van der Waals surface area contributed by atoms with Crippen LogP contribution in [0.3, 0.4) is 0 Å². The fraction of sp³-hybridized carbons (Fsp3) is 0.435. The minimum atomic E-state index is -4.58. The molecule has 32 heavy (non-hydrogen) atoms. The van der Waals surface area contributed by atoms with Crippen molar-refractivity contribution in [2.24, 2.45) is 5.14 Å². The van der Waals surface area contributed by atoms with Crippen LogP contribution in [0.4, 0.5) is 13.2 Å². The zero-order valence-corrected chi connectivity index (χ0v) is 18.6. The quantitative estimate of drug-likeness (QED) is 0.651. The number of primary sulfonamides is 1. The molecule has 9 heteroatoms. The maximum absolute atomic E-state index is 12.7. The third-order valence-corrected chi connectivity index (χ3v) is 6.81. The summed E-state index contributed by atoms with van der Waals surface area (Å²) >= 11 is 0. The fourth-order valence-electron chi connectivity index (χ4n) is 3.76. The van der Waals surface area contributed by atoms with E-state index in [1.54, 1.807) is 6.92 Å². The first-order valence-electron chi connectivity index (χ1n) is 10.4. The highest BCUT2D eigenvalue weighted by Gasteiger charge is 2.41. The third kappa shape index (κ3) is 5.89. The first-order valence-corrected chi connectivity index (χ1v) is 11.9. The van der Waals surface area contributed by atoms with Crippen LogP contribution in [-0.2, 0) is 39.3 Å². The maximum atomic E-state index is 12.7. The largest absolute Gasteiger partial charge is 0.486 e. The molecule has 0 aliphatic heterocycles. The van der Waals surface area contributed by atoms with Crippen LogP contribution in [0.15, 0.2) is 41.3 Å². The van der Waals surface area contributed by atoms with Crippen LogP contribution < -0.4 is 9.88 Å². The number of alkyl halides is 3. The van der Waals surface area contributed by atoms with Gasteiger partial charge in [-0.3, -0.25) is 4.79 Å². The second kappa shape index (κ2) is 9.23. The summed E-state index contributed by atoms with van der Waals surface area (Å²) in [6, 6.07) is 8.92. The normalized spacial score (nSPS) is 16.9. The number of sulfonamides is 1. The molecule has 0 aromatic heterocycles. The van der Waals surface area contributed by atoms with Gasteiger partial charge in [0.15, 0.2) is 6.29 Å². The zero-order valence-electron chi connectivity index (χ0n) is 17.7. The molecule has 0 spiro atoms. The average Bonchev–Trinajstić information content (AvgIpc) is 3.50. The monoisotopic (exact) mass is 469 g/mol. The molecular formula is C23H26F3NO4S. The molecule has 2 aromatic carbocycles. The van der Waals surface area contributed by atoms with Crippen LogP contribution >= 0.6 is 0 Å². The first-order chi connectivity index (χ1) is 14.9. The number of benzene rings is 2. The van der Waals surface area contributed by atoms with Crippen LogP contribution in [0.1, 0.15) is 54.9 Å². The molecule has 2 aliphatic carbocycles. The summed E-state index contributed by atoms with van der Waals surface area (Å²) in [7, 11) is -4.14. The van der Waals surface area contributed by atoms with Crippen molar-refractivity contribution in [2.45, 2.75) is 61.9 Å². The Morgan fingerprint density at radius 3 is 2.41 bits per heavy atom. The van der Waals surface area contributed by atoms with Crippen LogP contribution in [0.2, 0.25) is 0 Å². The number of ether oxygens (including phenoxy) is 1. The molecule has 1 fully saturated rings. The Morgan fingerprint density at radius 1 is 1.12 bits per heavy atom. The van der Waals surface area contributed by atoms with E-state index in [-0.39, 0.29) is 12.0 Å². The van der Waals surface area contributed by atoms with Gasteiger partial charge in [-0.2, -0.15) is 13.2 Å². The lowest BCUT2D eigenvalue weighted by atomic mass is 9.91.